The summed E-state index contributed by atoms with van der Waals surface area (Å²) < 4.78 is 13.1. The molecule has 0 bridgehead atoms. The largest absolute Gasteiger partial charge is 0.322 e. The van der Waals surface area contributed by atoms with Gasteiger partial charge in [0.25, 0.3) is 11.8 Å². The number of halogens is 1. The highest BCUT2D eigenvalue weighted by Gasteiger charge is 2.16. The van der Waals surface area contributed by atoms with Crippen molar-refractivity contribution < 1.29 is 18.9 Å². The van der Waals surface area contributed by atoms with Crippen LogP contribution in [0.3, 0.4) is 0 Å². The number of nitrogens with one attached hydrogen (secondary N) is 3. The van der Waals surface area contributed by atoms with Gasteiger partial charge in [0.15, 0.2) is 13.1 Å². The van der Waals surface area contributed by atoms with E-state index in [2.05, 4.69) is 10.6 Å². The van der Waals surface area contributed by atoms with Gasteiger partial charge in [0.05, 0.1) is 7.05 Å². The van der Waals surface area contributed by atoms with Crippen LogP contribution in [0, 0.1) is 26.6 Å². The van der Waals surface area contributed by atoms with Crippen LogP contribution < -0.4 is 15.5 Å². The highest BCUT2D eigenvalue weighted by atomic mass is 19.1. The number of carbonyl (C=O) groups excluding carboxylic acids is 2. The second kappa shape index (κ2) is 8.58. The molecular weight excluding hydrogens is 333 g/mol. The summed E-state index contributed by atoms with van der Waals surface area (Å²) in [6.07, 6.45) is 0. The highest BCUT2D eigenvalue weighted by molar-refractivity contribution is 5.94. The van der Waals surface area contributed by atoms with E-state index in [1.54, 1.807) is 13.1 Å². The maximum absolute atomic E-state index is 13.1. The van der Waals surface area contributed by atoms with Gasteiger partial charge in [-0.3, -0.25) is 9.59 Å². The van der Waals surface area contributed by atoms with E-state index < -0.39 is 5.82 Å². The molecule has 2 aromatic rings. The van der Waals surface area contributed by atoms with Crippen molar-refractivity contribution in [2.45, 2.75) is 20.8 Å². The fraction of sp³-hybridized carbons (Fsp3) is 0.300. The Balaban J connectivity index is 1.88. The minimum Gasteiger partial charge on any atom is -0.322 e. The van der Waals surface area contributed by atoms with Crippen molar-refractivity contribution in [1.29, 1.82) is 0 Å². The van der Waals surface area contributed by atoms with Gasteiger partial charge in [-0.25, -0.2) is 4.39 Å². The van der Waals surface area contributed by atoms with Crippen molar-refractivity contribution in [1.82, 2.24) is 0 Å². The van der Waals surface area contributed by atoms with Gasteiger partial charge in [0.1, 0.15) is 5.82 Å². The Hall–Kier alpha value is -2.73. The van der Waals surface area contributed by atoms with Gasteiger partial charge in [0.2, 0.25) is 0 Å². The predicted molar refractivity (Wildman–Crippen MR) is 101 cm³/mol. The van der Waals surface area contributed by atoms with Gasteiger partial charge in [0, 0.05) is 11.4 Å². The molecule has 0 saturated carbocycles. The molecule has 26 heavy (non-hydrogen) atoms. The van der Waals surface area contributed by atoms with Crippen LogP contribution in [0.4, 0.5) is 15.8 Å². The average Bonchev–Trinajstić information content (AvgIpc) is 2.50. The Kier molecular flexibility index (Phi) is 6.46. The van der Waals surface area contributed by atoms with Gasteiger partial charge < -0.3 is 15.5 Å². The van der Waals surface area contributed by atoms with Crippen LogP contribution in [0.15, 0.2) is 36.4 Å². The fourth-order valence-electron chi connectivity index (χ4n) is 2.94. The molecule has 6 heteroatoms. The van der Waals surface area contributed by atoms with Gasteiger partial charge >= 0.3 is 0 Å². The molecule has 1 atom stereocenters. The van der Waals surface area contributed by atoms with Crippen molar-refractivity contribution in [2.75, 3.05) is 30.8 Å². The van der Waals surface area contributed by atoms with Crippen LogP contribution in [0.5, 0.6) is 0 Å². The Labute approximate surface area is 153 Å². The lowest BCUT2D eigenvalue weighted by molar-refractivity contribution is -0.862. The van der Waals surface area contributed by atoms with Crippen LogP contribution in [0.2, 0.25) is 0 Å². The number of carbonyl (C=O) groups is 2. The molecule has 2 amide bonds. The van der Waals surface area contributed by atoms with Crippen molar-refractivity contribution in [3.8, 4) is 0 Å². The lowest BCUT2D eigenvalue weighted by atomic mass is 10.1. The van der Waals surface area contributed by atoms with Crippen LogP contribution in [0.25, 0.3) is 0 Å². The minimum absolute atomic E-state index is 0.107. The molecular formula is C20H25FN3O2+. The van der Waals surface area contributed by atoms with Crippen molar-refractivity contribution in [3.05, 3.63) is 58.9 Å². The first kappa shape index (κ1) is 19.6. The quantitative estimate of drug-likeness (QED) is 0.738. The second-order valence-electron chi connectivity index (χ2n) is 6.69. The minimum atomic E-state index is -0.410. The molecule has 2 rings (SSSR count). The van der Waals surface area contributed by atoms with E-state index >= 15 is 0 Å². The molecule has 3 N–H and O–H groups in total. The number of quaternary nitrogens is 1. The van der Waals surface area contributed by atoms with Gasteiger partial charge in [-0.05, 0) is 50.1 Å². The number of benzene rings is 2. The summed E-state index contributed by atoms with van der Waals surface area (Å²) >= 11 is 0. The second-order valence-corrected chi connectivity index (χ2v) is 6.69. The van der Waals surface area contributed by atoms with Gasteiger partial charge in [-0.2, -0.15) is 0 Å². The molecule has 0 aliphatic heterocycles. The number of likely N-dealkylation sites (N-methyl/N-ethyl adjacent to an activating group) is 1. The van der Waals surface area contributed by atoms with E-state index in [4.69, 9.17) is 0 Å². The monoisotopic (exact) mass is 358 g/mol. The Morgan fingerprint density at radius 2 is 1.54 bits per heavy atom. The molecule has 1 unspecified atom stereocenters. The SMILES string of the molecule is Cc1cc(C)c(NC(=O)C[NH+](C)CC(=O)Nc2cccc(F)c2)c(C)c1. The summed E-state index contributed by atoms with van der Waals surface area (Å²) in [5, 5.41) is 5.56. The first-order valence-electron chi connectivity index (χ1n) is 8.49. The Bertz CT molecular complexity index is 797. The summed E-state index contributed by atoms with van der Waals surface area (Å²) in [5.41, 5.74) is 4.39. The zero-order valence-electron chi connectivity index (χ0n) is 15.6. The molecule has 0 saturated heterocycles. The lowest BCUT2D eigenvalue weighted by Gasteiger charge is -2.16. The van der Waals surface area contributed by atoms with E-state index in [-0.39, 0.29) is 24.9 Å². The third-order valence-electron chi connectivity index (χ3n) is 3.97. The molecule has 0 aliphatic carbocycles. The maximum Gasteiger partial charge on any atom is 0.279 e. The smallest absolute Gasteiger partial charge is 0.279 e. The molecule has 0 fully saturated rings. The Morgan fingerprint density at radius 1 is 0.962 bits per heavy atom. The van der Waals surface area contributed by atoms with Gasteiger partial charge in [-0.1, -0.05) is 23.8 Å². The first-order chi connectivity index (χ1) is 12.2. The van der Waals surface area contributed by atoms with E-state index in [1.165, 1.54) is 18.2 Å². The molecule has 5 nitrogen and oxygen atoms in total. The van der Waals surface area contributed by atoms with Crippen LogP contribution in [-0.4, -0.2) is 32.0 Å². The zero-order valence-corrected chi connectivity index (χ0v) is 15.6. The summed E-state index contributed by atoms with van der Waals surface area (Å²) in [5.74, 6) is -0.841. The maximum atomic E-state index is 13.1. The molecule has 2 aromatic carbocycles. The lowest BCUT2D eigenvalue weighted by Crippen LogP contribution is -3.11. The van der Waals surface area contributed by atoms with E-state index in [9.17, 15) is 14.0 Å². The molecule has 0 radical (unpaired) electrons. The molecule has 0 spiro atoms. The summed E-state index contributed by atoms with van der Waals surface area (Å²) in [4.78, 5) is 25.1. The number of aryl methyl sites for hydroxylation is 3. The van der Waals surface area contributed by atoms with Crippen molar-refractivity contribution in [3.63, 3.8) is 0 Å². The van der Waals surface area contributed by atoms with E-state index in [0.29, 0.717) is 5.69 Å². The van der Waals surface area contributed by atoms with Crippen LogP contribution in [0.1, 0.15) is 16.7 Å². The molecule has 138 valence electrons. The van der Waals surface area contributed by atoms with Crippen molar-refractivity contribution in [2.24, 2.45) is 0 Å². The van der Waals surface area contributed by atoms with E-state index in [0.717, 1.165) is 27.3 Å². The summed E-state index contributed by atoms with van der Waals surface area (Å²) in [7, 11) is 1.76. The van der Waals surface area contributed by atoms with Gasteiger partial charge in [-0.15, -0.1) is 0 Å². The summed E-state index contributed by atoms with van der Waals surface area (Å²) in [6, 6.07) is 9.75. The standard InChI is InChI=1S/C20H24FN3O2/c1-13-8-14(2)20(15(3)9-13)23-19(26)12-24(4)11-18(25)22-17-7-5-6-16(21)10-17/h5-10H,11-12H2,1-4H3,(H,22,25)(H,23,26)/p+1. The predicted octanol–water partition coefficient (Wildman–Crippen LogP) is 1.84. The van der Waals surface area contributed by atoms with Crippen LogP contribution >= 0.6 is 0 Å². The van der Waals surface area contributed by atoms with E-state index in [1.807, 2.05) is 32.9 Å². The number of hydrogen-bond acceptors (Lipinski definition) is 2. The van der Waals surface area contributed by atoms with Crippen molar-refractivity contribution >= 4 is 23.2 Å². The normalized spacial score (nSPS) is 11.7. The molecule has 0 heterocycles. The topological polar surface area (TPSA) is 62.6 Å². The third kappa shape index (κ3) is 5.67. The number of anilines is 2. The molecule has 0 aromatic heterocycles. The third-order valence-corrected chi connectivity index (χ3v) is 3.97. The average molecular weight is 358 g/mol. The number of amides is 2. The number of rotatable bonds is 6. The summed E-state index contributed by atoms with van der Waals surface area (Å²) in [6.45, 7) is 6.19. The zero-order chi connectivity index (χ0) is 19.3. The van der Waals surface area contributed by atoms with Crippen LogP contribution in [-0.2, 0) is 9.59 Å². The Morgan fingerprint density at radius 3 is 2.12 bits per heavy atom. The fourth-order valence-corrected chi connectivity index (χ4v) is 2.94. The first-order valence-corrected chi connectivity index (χ1v) is 8.49. The molecule has 0 aliphatic rings. The highest BCUT2D eigenvalue weighted by Crippen LogP contribution is 2.21. The number of hydrogen-bond donors (Lipinski definition) is 3.